The lowest BCUT2D eigenvalue weighted by Crippen LogP contribution is -2.67. The molecule has 0 aliphatic carbocycles. The molecule has 98 valence electrons. The average molecular weight is 253 g/mol. The van der Waals surface area contributed by atoms with Crippen molar-refractivity contribution in [3.63, 3.8) is 0 Å². The van der Waals surface area contributed by atoms with Crippen LogP contribution in [0.5, 0.6) is 0 Å². The first-order valence-corrected chi connectivity index (χ1v) is 5.77. The van der Waals surface area contributed by atoms with Crippen LogP contribution >= 0.6 is 0 Å². The number of amides is 4. The molecular formula is C11H15N3O4. The predicted octanol–water partition coefficient (Wildman–Crippen LogP) is -1.47. The van der Waals surface area contributed by atoms with Crippen molar-refractivity contribution in [2.75, 3.05) is 6.54 Å². The van der Waals surface area contributed by atoms with E-state index in [4.69, 9.17) is 0 Å². The van der Waals surface area contributed by atoms with Crippen LogP contribution in [0.4, 0.5) is 0 Å². The number of nitrogens with zero attached hydrogens (tertiary/aromatic N) is 1. The van der Waals surface area contributed by atoms with Crippen LogP contribution in [0, 0.1) is 0 Å². The van der Waals surface area contributed by atoms with Gasteiger partial charge in [0.15, 0.2) is 0 Å². The van der Waals surface area contributed by atoms with E-state index in [1.807, 2.05) is 0 Å². The third-order valence-electron chi connectivity index (χ3n) is 3.34. The summed E-state index contributed by atoms with van der Waals surface area (Å²) in [6.07, 6.45) is 0.699. The fourth-order valence-corrected chi connectivity index (χ4v) is 2.12. The monoisotopic (exact) mass is 253 g/mol. The zero-order chi connectivity index (χ0) is 13.5. The van der Waals surface area contributed by atoms with Crippen molar-refractivity contribution in [2.24, 2.45) is 0 Å². The first-order chi connectivity index (χ1) is 8.32. The SMILES string of the molecule is CC1(C)C(=O)NC(=O)CN1C(=O)[C@H]1CCC(=O)N1. The Kier molecular flexibility index (Phi) is 2.84. The molecule has 0 saturated carbocycles. The van der Waals surface area contributed by atoms with Gasteiger partial charge in [-0.15, -0.1) is 0 Å². The highest BCUT2D eigenvalue weighted by molar-refractivity contribution is 6.07. The summed E-state index contributed by atoms with van der Waals surface area (Å²) in [4.78, 5) is 47.6. The van der Waals surface area contributed by atoms with Gasteiger partial charge >= 0.3 is 0 Å². The number of nitrogens with one attached hydrogen (secondary N) is 2. The van der Waals surface area contributed by atoms with Crippen LogP contribution in [0.25, 0.3) is 0 Å². The van der Waals surface area contributed by atoms with Gasteiger partial charge in [-0.1, -0.05) is 0 Å². The summed E-state index contributed by atoms with van der Waals surface area (Å²) in [6.45, 7) is 2.98. The molecule has 2 aliphatic rings. The van der Waals surface area contributed by atoms with Gasteiger partial charge in [-0.25, -0.2) is 0 Å². The van der Waals surface area contributed by atoms with Crippen LogP contribution < -0.4 is 10.6 Å². The van der Waals surface area contributed by atoms with Crippen molar-refractivity contribution in [3.05, 3.63) is 0 Å². The minimum Gasteiger partial charge on any atom is -0.344 e. The molecule has 0 aromatic rings. The molecule has 2 aliphatic heterocycles. The standard InChI is InChI=1S/C11H15N3O4/c1-11(2)10(18)13-8(16)5-14(11)9(17)6-3-4-7(15)12-6/h6H,3-5H2,1-2H3,(H,12,15)(H,13,16,18)/t6-/m1/s1. The van der Waals surface area contributed by atoms with E-state index in [9.17, 15) is 19.2 Å². The predicted molar refractivity (Wildman–Crippen MR) is 60.1 cm³/mol. The molecule has 2 fully saturated rings. The summed E-state index contributed by atoms with van der Waals surface area (Å²) in [5.41, 5.74) is -1.09. The minimum absolute atomic E-state index is 0.163. The highest BCUT2D eigenvalue weighted by Gasteiger charge is 2.46. The van der Waals surface area contributed by atoms with E-state index in [1.54, 1.807) is 13.8 Å². The molecule has 0 bridgehead atoms. The topological polar surface area (TPSA) is 95.6 Å². The normalized spacial score (nSPS) is 26.9. The van der Waals surface area contributed by atoms with Gasteiger partial charge in [0.1, 0.15) is 18.1 Å². The zero-order valence-corrected chi connectivity index (χ0v) is 10.3. The number of piperazine rings is 1. The maximum atomic E-state index is 12.2. The van der Waals surface area contributed by atoms with Gasteiger partial charge in [0.25, 0.3) is 5.91 Å². The lowest BCUT2D eigenvalue weighted by Gasteiger charge is -2.41. The molecule has 18 heavy (non-hydrogen) atoms. The second-order valence-electron chi connectivity index (χ2n) is 5.02. The molecule has 7 heteroatoms. The Morgan fingerprint density at radius 3 is 2.50 bits per heavy atom. The van der Waals surface area contributed by atoms with E-state index in [0.717, 1.165) is 0 Å². The fourth-order valence-electron chi connectivity index (χ4n) is 2.12. The van der Waals surface area contributed by atoms with Gasteiger partial charge in [-0.3, -0.25) is 24.5 Å². The highest BCUT2D eigenvalue weighted by atomic mass is 16.2. The van der Waals surface area contributed by atoms with Gasteiger partial charge in [0.05, 0.1) is 0 Å². The van der Waals surface area contributed by atoms with Crippen molar-refractivity contribution in [1.29, 1.82) is 0 Å². The number of carbonyl (C=O) groups is 4. The maximum Gasteiger partial charge on any atom is 0.252 e. The average Bonchev–Trinajstić information content (AvgIpc) is 2.70. The molecule has 0 unspecified atom stereocenters. The Bertz CT molecular complexity index is 444. The molecule has 1 atom stereocenters. The van der Waals surface area contributed by atoms with E-state index >= 15 is 0 Å². The summed E-state index contributed by atoms with van der Waals surface area (Å²) < 4.78 is 0. The molecule has 0 spiro atoms. The Labute approximate surface area is 104 Å². The van der Waals surface area contributed by atoms with Crippen LogP contribution in [0.3, 0.4) is 0 Å². The smallest absolute Gasteiger partial charge is 0.252 e. The molecule has 0 aromatic carbocycles. The van der Waals surface area contributed by atoms with Crippen LogP contribution in [0.2, 0.25) is 0 Å². The van der Waals surface area contributed by atoms with E-state index in [1.165, 1.54) is 4.90 Å². The van der Waals surface area contributed by atoms with Crippen LogP contribution in [-0.4, -0.2) is 46.7 Å². The van der Waals surface area contributed by atoms with Crippen LogP contribution in [0.15, 0.2) is 0 Å². The molecule has 2 rings (SSSR count). The van der Waals surface area contributed by atoms with Crippen molar-refractivity contribution in [2.45, 2.75) is 38.3 Å². The number of hydrogen-bond donors (Lipinski definition) is 2. The summed E-state index contributed by atoms with van der Waals surface area (Å²) in [6, 6.07) is -0.629. The summed E-state index contributed by atoms with van der Waals surface area (Å²) in [5.74, 6) is -1.57. The highest BCUT2D eigenvalue weighted by Crippen LogP contribution is 2.21. The van der Waals surface area contributed by atoms with Crippen LogP contribution in [0.1, 0.15) is 26.7 Å². The lowest BCUT2D eigenvalue weighted by atomic mass is 9.97. The van der Waals surface area contributed by atoms with Gasteiger partial charge in [-0.2, -0.15) is 0 Å². The first kappa shape index (κ1) is 12.5. The number of rotatable bonds is 1. The van der Waals surface area contributed by atoms with E-state index in [-0.39, 0.29) is 18.4 Å². The van der Waals surface area contributed by atoms with Gasteiger partial charge in [-0.05, 0) is 20.3 Å². The largest absolute Gasteiger partial charge is 0.344 e. The van der Waals surface area contributed by atoms with E-state index in [0.29, 0.717) is 12.8 Å². The maximum absolute atomic E-state index is 12.2. The van der Waals surface area contributed by atoms with E-state index < -0.39 is 23.4 Å². The second kappa shape index (κ2) is 4.08. The summed E-state index contributed by atoms with van der Waals surface area (Å²) >= 11 is 0. The molecular weight excluding hydrogens is 238 g/mol. The quantitative estimate of drug-likeness (QED) is 0.558. The van der Waals surface area contributed by atoms with Gasteiger partial charge < -0.3 is 10.2 Å². The summed E-state index contributed by atoms with van der Waals surface area (Å²) in [7, 11) is 0. The molecule has 2 heterocycles. The first-order valence-electron chi connectivity index (χ1n) is 5.77. The van der Waals surface area contributed by atoms with Crippen molar-refractivity contribution in [1.82, 2.24) is 15.5 Å². The Hall–Kier alpha value is -1.92. The molecule has 0 aromatic heterocycles. The third-order valence-corrected chi connectivity index (χ3v) is 3.34. The minimum atomic E-state index is -1.09. The van der Waals surface area contributed by atoms with E-state index in [2.05, 4.69) is 10.6 Å². The summed E-state index contributed by atoms with van der Waals surface area (Å²) in [5, 5.41) is 4.74. The van der Waals surface area contributed by atoms with Gasteiger partial charge in [0, 0.05) is 6.42 Å². The van der Waals surface area contributed by atoms with Crippen molar-refractivity contribution in [3.8, 4) is 0 Å². The molecule has 2 saturated heterocycles. The lowest BCUT2D eigenvalue weighted by molar-refractivity contribution is -0.156. The molecule has 7 nitrogen and oxygen atoms in total. The molecule has 0 radical (unpaired) electrons. The fraction of sp³-hybridized carbons (Fsp3) is 0.636. The van der Waals surface area contributed by atoms with Crippen molar-refractivity contribution < 1.29 is 19.2 Å². The number of hydrogen-bond acceptors (Lipinski definition) is 4. The molecule has 2 N–H and O–H groups in total. The Morgan fingerprint density at radius 1 is 1.28 bits per heavy atom. The number of imide groups is 1. The Morgan fingerprint density at radius 2 is 1.94 bits per heavy atom. The Balaban J connectivity index is 2.19. The molecule has 4 amide bonds. The third kappa shape index (κ3) is 1.96. The zero-order valence-electron chi connectivity index (χ0n) is 10.3. The number of carbonyl (C=O) groups excluding carboxylic acids is 4. The van der Waals surface area contributed by atoms with Gasteiger partial charge in [0.2, 0.25) is 17.7 Å². The second-order valence-corrected chi connectivity index (χ2v) is 5.02. The van der Waals surface area contributed by atoms with Crippen LogP contribution in [-0.2, 0) is 19.2 Å². The van der Waals surface area contributed by atoms with Crippen molar-refractivity contribution >= 4 is 23.6 Å².